The maximum Gasteiger partial charge on any atom is 0.257 e. The van der Waals surface area contributed by atoms with E-state index in [0.29, 0.717) is 137 Å². The topological polar surface area (TPSA) is 294 Å². The van der Waals surface area contributed by atoms with E-state index in [1.807, 2.05) is 44.4 Å². The Hall–Kier alpha value is -6.01. The van der Waals surface area contributed by atoms with E-state index in [9.17, 15) is 58.8 Å². The average molecular weight is 1210 g/mol. The van der Waals surface area contributed by atoms with E-state index in [1.165, 1.54) is 13.0 Å². The van der Waals surface area contributed by atoms with Crippen LogP contribution < -0.4 is 26.0 Å². The van der Waals surface area contributed by atoms with Gasteiger partial charge in [-0.1, -0.05) is 63.5 Å². The number of unbranched alkanes of at least 4 members (excludes halogenated alkanes) is 7. The van der Waals surface area contributed by atoms with Crippen molar-refractivity contribution in [3.05, 3.63) is 59.7 Å². The molecule has 0 spiro atoms. The fourth-order valence-electron chi connectivity index (χ4n) is 8.46. The van der Waals surface area contributed by atoms with Crippen LogP contribution in [0.3, 0.4) is 0 Å². The zero-order chi connectivity index (χ0) is 61.4. The highest BCUT2D eigenvalue weighted by atomic mass is 32.2. The maximum absolute atomic E-state index is 13.9. The molecule has 24 heteroatoms. The summed E-state index contributed by atoms with van der Waals surface area (Å²) in [5.41, 5.74) is 2.01. The number of nitrogens with one attached hydrogen (secondary N) is 4. The summed E-state index contributed by atoms with van der Waals surface area (Å²) >= 11 is 11.8. The van der Waals surface area contributed by atoms with Gasteiger partial charge in [0.25, 0.3) is 11.8 Å². The van der Waals surface area contributed by atoms with Crippen molar-refractivity contribution < 1.29 is 63.5 Å². The van der Waals surface area contributed by atoms with Crippen molar-refractivity contribution in [3.8, 4) is 5.75 Å². The molecular weight excluding hydrogens is 1120 g/mol. The summed E-state index contributed by atoms with van der Waals surface area (Å²) in [4.78, 5) is 118. The van der Waals surface area contributed by atoms with Crippen molar-refractivity contribution in [2.45, 2.75) is 162 Å². The first-order chi connectivity index (χ1) is 39.8. The Morgan fingerprint density at radius 3 is 1.90 bits per heavy atom. The minimum atomic E-state index is -0.831. The first-order valence-corrected chi connectivity index (χ1v) is 31.0. The minimum absolute atomic E-state index is 0.0102. The van der Waals surface area contributed by atoms with E-state index in [1.54, 1.807) is 30.0 Å². The standard InChI is InChI=1S/C59H88N8O13S3/c1-5-43(2)51(59(76)62-33-17-21-50(82)38-45-22-24-47(25-23-45)63-42-81)40-53(70)52(30-37-83-4)64-58(75)46-18-16-20-49(39-46)80-41-55(72)61-32-12-9-15-36-66(78)56(73)28-26-48(69)19-10-6-7-13-35-67(79)57(74)29-27-54(71)60-31-11-8-14-34-65(77)44(3)68/h16,18,20,22-25,39,43,51-52,77-79H,5-15,17,19,21,26-38,40-41H2,1-4H3,(H,60,71)(H,61,72)(H,62,76)(H,64,75)/t43-,51-,52-/m0/s1. The Bertz CT molecular complexity index is 2430. The minimum Gasteiger partial charge on any atom is -0.484 e. The van der Waals surface area contributed by atoms with Crippen molar-refractivity contribution in [1.82, 2.24) is 36.5 Å². The van der Waals surface area contributed by atoms with Gasteiger partial charge >= 0.3 is 0 Å². The van der Waals surface area contributed by atoms with Crippen LogP contribution in [0.1, 0.15) is 165 Å². The van der Waals surface area contributed by atoms with Gasteiger partial charge in [-0.05, 0) is 142 Å². The summed E-state index contributed by atoms with van der Waals surface area (Å²) in [5, 5.41) is 45.2. The molecular formula is C59H88N8O13S3. The largest absolute Gasteiger partial charge is 0.484 e. The van der Waals surface area contributed by atoms with Crippen LogP contribution in [0.4, 0.5) is 5.69 Å². The second-order valence-corrected chi connectivity index (χ2v) is 22.2. The molecule has 2 rings (SSSR count). The number of amides is 7. The van der Waals surface area contributed by atoms with Crippen LogP contribution in [0.15, 0.2) is 53.5 Å². The van der Waals surface area contributed by atoms with Gasteiger partial charge in [-0.15, -0.1) is 0 Å². The number of nitrogens with zero attached hydrogens (tertiary/aromatic N) is 4. The number of carbonyl (C=O) groups is 9. The third-order valence-corrected chi connectivity index (χ3v) is 14.8. The van der Waals surface area contributed by atoms with Crippen molar-refractivity contribution in [2.24, 2.45) is 16.8 Å². The van der Waals surface area contributed by atoms with Gasteiger partial charge in [-0.2, -0.15) is 16.8 Å². The summed E-state index contributed by atoms with van der Waals surface area (Å²) in [6.07, 6.45) is 10.7. The fourth-order valence-corrected chi connectivity index (χ4v) is 9.35. The molecule has 0 aliphatic carbocycles. The predicted octanol–water partition coefficient (Wildman–Crippen LogP) is 8.11. The highest BCUT2D eigenvalue weighted by Crippen LogP contribution is 2.23. The Morgan fingerprint density at radius 1 is 0.699 bits per heavy atom. The van der Waals surface area contributed by atoms with Crippen molar-refractivity contribution >= 4 is 105 Å². The molecule has 0 aliphatic rings. The predicted molar refractivity (Wildman–Crippen MR) is 325 cm³/mol. The van der Waals surface area contributed by atoms with E-state index < -0.39 is 41.5 Å². The monoisotopic (exact) mass is 1210 g/mol. The Labute approximate surface area is 504 Å². The van der Waals surface area contributed by atoms with Crippen molar-refractivity contribution in [3.63, 3.8) is 0 Å². The van der Waals surface area contributed by atoms with Gasteiger partial charge in [0.15, 0.2) is 12.4 Å². The van der Waals surface area contributed by atoms with Gasteiger partial charge in [0.1, 0.15) is 11.5 Å². The number of aliphatic imine (C=N–C) groups is 1. The lowest BCUT2D eigenvalue weighted by atomic mass is 9.85. The second-order valence-electron chi connectivity index (χ2n) is 20.5. The fraction of sp³-hybridized carbons (Fsp3) is 0.610. The van der Waals surface area contributed by atoms with Gasteiger partial charge in [0, 0.05) is 103 Å². The van der Waals surface area contributed by atoms with Crippen LogP contribution in [-0.2, 0) is 44.8 Å². The molecule has 2 aromatic rings. The Balaban J connectivity index is 1.63. The van der Waals surface area contributed by atoms with Gasteiger partial charge in [0.05, 0.1) is 16.9 Å². The molecule has 0 fully saturated rings. The lowest BCUT2D eigenvalue weighted by molar-refractivity contribution is -0.166. The lowest BCUT2D eigenvalue weighted by Crippen LogP contribution is -2.44. The maximum atomic E-state index is 13.9. The number of carbonyl (C=O) groups excluding carboxylic acids is 9. The molecule has 0 bridgehead atoms. The van der Waals surface area contributed by atoms with Crippen molar-refractivity contribution in [2.75, 3.05) is 57.9 Å². The number of ketones is 2. The molecule has 3 atom stereocenters. The summed E-state index contributed by atoms with van der Waals surface area (Å²) < 4.78 is 5.68. The smallest absolute Gasteiger partial charge is 0.257 e. The molecule has 7 amide bonds. The van der Waals surface area contributed by atoms with E-state index in [-0.39, 0.29) is 105 Å². The first kappa shape index (κ1) is 73.1. The van der Waals surface area contributed by atoms with E-state index in [2.05, 4.69) is 43.6 Å². The van der Waals surface area contributed by atoms with Crippen LogP contribution in [0.2, 0.25) is 0 Å². The number of isothiocyanates is 1. The van der Waals surface area contributed by atoms with Crippen molar-refractivity contribution in [1.29, 1.82) is 0 Å². The summed E-state index contributed by atoms with van der Waals surface area (Å²) in [6.45, 7) is 6.35. The van der Waals surface area contributed by atoms with Gasteiger partial charge < -0.3 is 26.0 Å². The number of Topliss-reactive ketones (excluding diaryl/α,β-unsaturated/α-hetero) is 2. The second kappa shape index (κ2) is 43.6. The molecule has 0 saturated carbocycles. The number of hydrogen-bond acceptors (Lipinski definition) is 17. The zero-order valence-corrected chi connectivity index (χ0v) is 51.2. The van der Waals surface area contributed by atoms with E-state index in [4.69, 9.17) is 17.0 Å². The van der Waals surface area contributed by atoms with Crippen LogP contribution in [0.25, 0.3) is 0 Å². The number of rotatable bonds is 46. The molecule has 0 unspecified atom stereocenters. The molecule has 83 heavy (non-hydrogen) atoms. The third kappa shape index (κ3) is 33.2. The number of hydroxylamine groups is 6. The molecule has 21 nitrogen and oxygen atoms in total. The Morgan fingerprint density at radius 2 is 1.29 bits per heavy atom. The van der Waals surface area contributed by atoms with E-state index in [0.717, 1.165) is 16.1 Å². The highest BCUT2D eigenvalue weighted by Gasteiger charge is 2.31. The van der Waals surface area contributed by atoms with Crippen LogP contribution >= 0.6 is 36.2 Å². The average Bonchev–Trinajstić information content (AvgIpc) is 3.59. The highest BCUT2D eigenvalue weighted by molar-refractivity contribution is 7.98. The number of ether oxygens (including phenoxy) is 1. The summed E-state index contributed by atoms with van der Waals surface area (Å²) in [7, 11) is 0. The normalized spacial score (nSPS) is 11.9. The van der Waals surface area contributed by atoms with E-state index >= 15 is 0 Å². The SMILES string of the molecule is CC[C@H](C)[C@H](CC(=O)[C@H](CCSC)NC(=O)c1cccc(OCC(=O)NCCCCCN(O)C(=O)CCC(=O)CCCCCCN(O)C(=O)CCC(=O)NCCCCCN(O)C(C)=O)c1)C(=O)NCCCC(=S)Cc1ccc(N=C=S)cc1. The quantitative estimate of drug-likeness (QED) is 0.0108. The molecule has 7 N–H and O–H groups in total. The number of thiocarbonyl (C=S) groups is 2. The summed E-state index contributed by atoms with van der Waals surface area (Å²) in [5.74, 6) is -3.13. The molecule has 0 saturated heterocycles. The zero-order valence-electron chi connectivity index (χ0n) is 48.8. The molecule has 460 valence electrons. The van der Waals surface area contributed by atoms with Gasteiger partial charge in [-0.25, -0.2) is 15.2 Å². The first-order valence-electron chi connectivity index (χ1n) is 28.8. The van der Waals surface area contributed by atoms with Crippen LogP contribution in [-0.4, -0.2) is 158 Å². The van der Waals surface area contributed by atoms with Gasteiger partial charge in [-0.3, -0.25) is 58.8 Å². The van der Waals surface area contributed by atoms with Gasteiger partial charge in [0.2, 0.25) is 29.5 Å². The summed E-state index contributed by atoms with van der Waals surface area (Å²) in [6, 6.07) is 13.1. The van der Waals surface area contributed by atoms with Crippen LogP contribution in [0, 0.1) is 11.8 Å². The number of benzene rings is 2. The Kier molecular flexibility index (Phi) is 38.4. The molecule has 2 aromatic carbocycles. The number of thioether (sulfide) groups is 1. The molecule has 0 heterocycles. The van der Waals surface area contributed by atoms with Crippen LogP contribution in [0.5, 0.6) is 5.75 Å². The molecule has 0 aromatic heterocycles. The third-order valence-electron chi connectivity index (χ3n) is 13.7. The molecule has 0 radical (unpaired) electrons. The molecule has 0 aliphatic heterocycles. The lowest BCUT2D eigenvalue weighted by Gasteiger charge is -2.25. The number of hydrogen-bond donors (Lipinski definition) is 7.